The summed E-state index contributed by atoms with van der Waals surface area (Å²) in [6.07, 6.45) is 91.2. The minimum atomic E-state index is -0.779. The fraction of sp³-hybridized carbons (Fsp3) is 0.829. The molecule has 0 saturated carbocycles. The Morgan fingerprint density at radius 1 is 0.256 bits per heavy atom. The Kier molecular flexibility index (Phi) is 68.1. The summed E-state index contributed by atoms with van der Waals surface area (Å²) < 4.78 is 17.0. The van der Waals surface area contributed by atoms with E-state index < -0.39 is 6.10 Å². The number of allylic oxidation sites excluding steroid dienone is 10. The summed E-state index contributed by atoms with van der Waals surface area (Å²) in [5, 5.41) is 0. The number of carbonyl (C=O) groups is 3. The monoisotopic (exact) mass is 1150 g/mol. The predicted octanol–water partition coefficient (Wildman–Crippen LogP) is 25.1. The first-order chi connectivity index (χ1) is 40.5. The molecule has 82 heavy (non-hydrogen) atoms. The number of unbranched alkanes of at least 4 members (excludes halogenated alkanes) is 46. The smallest absolute Gasteiger partial charge is 0.306 e. The molecule has 6 heteroatoms. The third-order valence-corrected chi connectivity index (χ3v) is 16.3. The Morgan fingerprint density at radius 2 is 0.476 bits per heavy atom. The molecule has 0 N–H and O–H groups in total. The highest BCUT2D eigenvalue weighted by Crippen LogP contribution is 2.19. The van der Waals surface area contributed by atoms with Gasteiger partial charge in [-0.05, 0) is 64.2 Å². The van der Waals surface area contributed by atoms with Gasteiger partial charge in [-0.15, -0.1) is 0 Å². The fourth-order valence-corrected chi connectivity index (χ4v) is 10.9. The minimum Gasteiger partial charge on any atom is -0.462 e. The van der Waals surface area contributed by atoms with Crippen LogP contribution in [0.2, 0.25) is 0 Å². The minimum absolute atomic E-state index is 0.0738. The van der Waals surface area contributed by atoms with Crippen molar-refractivity contribution in [2.75, 3.05) is 13.2 Å². The molecule has 0 aromatic heterocycles. The lowest BCUT2D eigenvalue weighted by Crippen LogP contribution is -2.30. The van der Waals surface area contributed by atoms with Crippen LogP contribution in [0.4, 0.5) is 0 Å². The van der Waals surface area contributed by atoms with Crippen LogP contribution < -0.4 is 0 Å². The van der Waals surface area contributed by atoms with Crippen LogP contribution in [0.5, 0.6) is 0 Å². The Morgan fingerprint density at radius 3 is 0.744 bits per heavy atom. The Bertz CT molecular complexity index is 1460. The molecule has 0 aromatic carbocycles. The van der Waals surface area contributed by atoms with Crippen LogP contribution in [-0.4, -0.2) is 37.2 Å². The second-order valence-electron chi connectivity index (χ2n) is 24.5. The van der Waals surface area contributed by atoms with Crippen molar-refractivity contribution in [3.63, 3.8) is 0 Å². The van der Waals surface area contributed by atoms with Crippen LogP contribution in [0.25, 0.3) is 0 Å². The highest BCUT2D eigenvalue weighted by atomic mass is 16.6. The van der Waals surface area contributed by atoms with E-state index in [0.29, 0.717) is 19.3 Å². The molecule has 1 unspecified atom stereocenters. The second-order valence-corrected chi connectivity index (χ2v) is 24.5. The van der Waals surface area contributed by atoms with Gasteiger partial charge in [0.05, 0.1) is 0 Å². The van der Waals surface area contributed by atoms with Crippen molar-refractivity contribution in [2.45, 2.75) is 393 Å². The lowest BCUT2D eigenvalue weighted by atomic mass is 10.0. The second kappa shape index (κ2) is 70.6. The summed E-state index contributed by atoms with van der Waals surface area (Å²) in [6.45, 7) is 6.58. The molecule has 0 aromatic rings. The van der Waals surface area contributed by atoms with Crippen LogP contribution in [0, 0.1) is 0 Å². The molecule has 478 valence electrons. The lowest BCUT2D eigenvalue weighted by molar-refractivity contribution is -0.167. The molecular formula is C76H138O6. The molecule has 0 aliphatic carbocycles. The van der Waals surface area contributed by atoms with Gasteiger partial charge in [0.15, 0.2) is 6.10 Å². The van der Waals surface area contributed by atoms with Crippen molar-refractivity contribution in [1.29, 1.82) is 0 Å². The zero-order chi connectivity index (χ0) is 59.2. The van der Waals surface area contributed by atoms with Crippen LogP contribution >= 0.6 is 0 Å². The molecule has 0 aliphatic heterocycles. The largest absolute Gasteiger partial charge is 0.462 e. The van der Waals surface area contributed by atoms with Crippen molar-refractivity contribution in [3.05, 3.63) is 60.8 Å². The number of hydrogen-bond donors (Lipinski definition) is 0. The molecule has 0 radical (unpaired) electrons. The van der Waals surface area contributed by atoms with E-state index in [1.165, 1.54) is 250 Å². The number of carbonyl (C=O) groups excluding carboxylic acids is 3. The first kappa shape index (κ1) is 79.1. The molecule has 0 rings (SSSR count). The molecule has 0 heterocycles. The van der Waals surface area contributed by atoms with E-state index in [1.807, 2.05) is 0 Å². The van der Waals surface area contributed by atoms with Crippen molar-refractivity contribution in [3.8, 4) is 0 Å². The normalized spacial score (nSPS) is 12.4. The molecule has 6 nitrogen and oxygen atoms in total. The van der Waals surface area contributed by atoms with Gasteiger partial charge in [0.25, 0.3) is 0 Å². The molecular weight excluding hydrogens is 1010 g/mol. The van der Waals surface area contributed by atoms with Gasteiger partial charge in [-0.25, -0.2) is 0 Å². The van der Waals surface area contributed by atoms with Gasteiger partial charge in [0.1, 0.15) is 13.2 Å². The van der Waals surface area contributed by atoms with Crippen LogP contribution in [-0.2, 0) is 28.6 Å². The van der Waals surface area contributed by atoms with Crippen LogP contribution in [0.1, 0.15) is 387 Å². The summed E-state index contributed by atoms with van der Waals surface area (Å²) in [6, 6.07) is 0. The highest BCUT2D eigenvalue weighted by molar-refractivity contribution is 5.71. The maximum atomic E-state index is 12.9. The zero-order valence-corrected chi connectivity index (χ0v) is 55.0. The molecule has 0 amide bonds. The standard InChI is InChI=1S/C76H138O6/c1-4-7-10-13-16-19-22-25-27-29-31-33-35-36-37-38-39-40-42-43-45-47-49-51-54-57-60-63-66-69-75(78)81-72-73(71-80-74(77)68-65-62-59-56-53-24-21-18-15-12-9-6-3)82-76(79)70-67-64-61-58-55-52-50-48-46-44-41-34-32-30-28-26-23-20-17-14-11-8-5-2/h8,11,17,20,26,28,32,34,44,46,73H,4-7,9-10,12-16,18-19,21-25,27,29-31,33,35-43,45,47-72H2,1-3H3/b11-8-,20-17-,28-26-,34-32-,46-44-. The summed E-state index contributed by atoms with van der Waals surface area (Å²) in [5.74, 6) is -0.860. The predicted molar refractivity (Wildman–Crippen MR) is 358 cm³/mol. The van der Waals surface area contributed by atoms with Crippen LogP contribution in [0.3, 0.4) is 0 Å². The first-order valence-electron chi connectivity index (χ1n) is 36.3. The van der Waals surface area contributed by atoms with E-state index >= 15 is 0 Å². The van der Waals surface area contributed by atoms with Gasteiger partial charge in [-0.1, -0.05) is 364 Å². The van der Waals surface area contributed by atoms with E-state index in [9.17, 15) is 14.4 Å². The van der Waals surface area contributed by atoms with Crippen molar-refractivity contribution in [1.82, 2.24) is 0 Å². The first-order valence-corrected chi connectivity index (χ1v) is 36.3. The molecule has 1 atom stereocenters. The molecule has 0 fully saturated rings. The summed E-state index contributed by atoms with van der Waals surface area (Å²) in [5.41, 5.74) is 0. The van der Waals surface area contributed by atoms with E-state index in [-0.39, 0.29) is 31.1 Å². The van der Waals surface area contributed by atoms with Crippen LogP contribution in [0.15, 0.2) is 60.8 Å². The molecule has 0 aliphatic rings. The number of ether oxygens (including phenoxy) is 3. The Balaban J connectivity index is 4.20. The van der Waals surface area contributed by atoms with E-state index in [4.69, 9.17) is 14.2 Å². The Hall–Kier alpha value is -2.89. The highest BCUT2D eigenvalue weighted by Gasteiger charge is 2.19. The number of rotatable bonds is 67. The maximum Gasteiger partial charge on any atom is 0.306 e. The third-order valence-electron chi connectivity index (χ3n) is 16.3. The van der Waals surface area contributed by atoms with E-state index in [1.54, 1.807) is 0 Å². The Labute approximate surface area is 510 Å². The SMILES string of the molecule is CC/C=C\C/C=C\C/C=C\C/C=C\C/C=C\CCCCCCCCCC(=O)OC(COC(=O)CCCCCCCCCCCCCC)COC(=O)CCCCCCCCCCCCCCCCCCCCCCCCCCCCCCC. The summed E-state index contributed by atoms with van der Waals surface area (Å²) >= 11 is 0. The number of esters is 3. The van der Waals surface area contributed by atoms with Gasteiger partial charge in [0, 0.05) is 19.3 Å². The fourth-order valence-electron chi connectivity index (χ4n) is 10.9. The lowest BCUT2D eigenvalue weighted by Gasteiger charge is -2.18. The van der Waals surface area contributed by atoms with Gasteiger partial charge < -0.3 is 14.2 Å². The maximum absolute atomic E-state index is 12.9. The van der Waals surface area contributed by atoms with Gasteiger partial charge in [0.2, 0.25) is 0 Å². The van der Waals surface area contributed by atoms with Gasteiger partial charge in [-0.2, -0.15) is 0 Å². The topological polar surface area (TPSA) is 78.9 Å². The van der Waals surface area contributed by atoms with Crippen molar-refractivity contribution in [2.24, 2.45) is 0 Å². The third kappa shape index (κ3) is 67.9. The average molecular weight is 1150 g/mol. The summed E-state index contributed by atoms with van der Waals surface area (Å²) in [7, 11) is 0. The molecule has 0 saturated heterocycles. The molecule has 0 bridgehead atoms. The number of hydrogen-bond acceptors (Lipinski definition) is 6. The zero-order valence-electron chi connectivity index (χ0n) is 55.0. The average Bonchev–Trinajstić information content (AvgIpc) is 3.47. The van der Waals surface area contributed by atoms with Crippen molar-refractivity contribution < 1.29 is 28.6 Å². The quantitative estimate of drug-likeness (QED) is 0.0261. The van der Waals surface area contributed by atoms with E-state index in [2.05, 4.69) is 81.5 Å². The van der Waals surface area contributed by atoms with Gasteiger partial charge in [-0.3, -0.25) is 14.4 Å². The van der Waals surface area contributed by atoms with E-state index in [0.717, 1.165) is 96.3 Å². The van der Waals surface area contributed by atoms with Crippen molar-refractivity contribution >= 4 is 17.9 Å². The summed E-state index contributed by atoms with van der Waals surface area (Å²) in [4.78, 5) is 38.4. The molecule has 0 spiro atoms. The van der Waals surface area contributed by atoms with Gasteiger partial charge >= 0.3 is 17.9 Å².